The lowest BCUT2D eigenvalue weighted by molar-refractivity contribution is -0.131. The summed E-state index contributed by atoms with van der Waals surface area (Å²) in [6.07, 6.45) is 1.94. The third-order valence-corrected chi connectivity index (χ3v) is 8.36. The molecule has 7 nitrogen and oxygen atoms in total. The molecule has 0 radical (unpaired) electrons. The number of likely N-dealkylation sites (tertiary alicyclic amines) is 1. The minimum absolute atomic E-state index is 0.0535. The molecule has 3 heterocycles. The van der Waals surface area contributed by atoms with Crippen molar-refractivity contribution in [2.75, 3.05) is 51.1 Å². The highest BCUT2D eigenvalue weighted by atomic mass is 16.2. The molecule has 0 unspecified atom stereocenters. The number of para-hydroxylation sites is 1. The molecule has 1 N–H and O–H groups in total. The van der Waals surface area contributed by atoms with Crippen LogP contribution in [0.2, 0.25) is 0 Å². The van der Waals surface area contributed by atoms with Gasteiger partial charge in [-0.2, -0.15) is 0 Å². The van der Waals surface area contributed by atoms with Gasteiger partial charge in [0.2, 0.25) is 5.91 Å². The van der Waals surface area contributed by atoms with E-state index in [0.717, 1.165) is 67.2 Å². The number of aromatic nitrogens is 1. The summed E-state index contributed by atoms with van der Waals surface area (Å²) in [4.78, 5) is 37.9. The van der Waals surface area contributed by atoms with Crippen LogP contribution in [0.5, 0.6) is 0 Å². The first kappa shape index (κ1) is 27.7. The third kappa shape index (κ3) is 6.52. The fraction of sp³-hybridized carbons (Fsp3) is 0.286. The van der Waals surface area contributed by atoms with Crippen molar-refractivity contribution in [1.82, 2.24) is 19.7 Å². The van der Waals surface area contributed by atoms with E-state index in [-0.39, 0.29) is 11.8 Å². The second-order valence-corrected chi connectivity index (χ2v) is 11.0. The van der Waals surface area contributed by atoms with Gasteiger partial charge in [-0.05, 0) is 37.1 Å². The maximum Gasteiger partial charge on any atom is 0.254 e. The van der Waals surface area contributed by atoms with Gasteiger partial charge in [-0.1, -0.05) is 78.9 Å². The molecule has 2 aliphatic rings. The summed E-state index contributed by atoms with van der Waals surface area (Å²) in [5, 5.41) is 3.23. The summed E-state index contributed by atoms with van der Waals surface area (Å²) in [7, 11) is 0. The van der Waals surface area contributed by atoms with Gasteiger partial charge in [-0.25, -0.2) is 4.98 Å². The Bertz CT molecular complexity index is 1420. The Hall–Kier alpha value is -4.49. The summed E-state index contributed by atoms with van der Waals surface area (Å²) in [5.41, 5.74) is 5.24. The highest BCUT2D eigenvalue weighted by Gasteiger charge is 2.30. The molecule has 6 rings (SSSR count). The van der Waals surface area contributed by atoms with Crippen LogP contribution in [-0.2, 0) is 4.79 Å². The van der Waals surface area contributed by atoms with Gasteiger partial charge >= 0.3 is 0 Å². The summed E-state index contributed by atoms with van der Waals surface area (Å²) in [6.45, 7) is 4.97. The minimum atomic E-state index is 0.0535. The number of rotatable bonds is 7. The van der Waals surface area contributed by atoms with Crippen LogP contribution in [0.1, 0.15) is 23.2 Å². The molecule has 2 amide bonds. The van der Waals surface area contributed by atoms with Crippen LogP contribution in [0.15, 0.2) is 103 Å². The Morgan fingerprint density at radius 3 is 1.74 bits per heavy atom. The number of nitrogens with zero attached hydrogens (tertiary/aromatic N) is 4. The number of hydrogen-bond acceptors (Lipinski definition) is 5. The van der Waals surface area contributed by atoms with Gasteiger partial charge in [0.05, 0.1) is 17.9 Å². The quantitative estimate of drug-likeness (QED) is 0.334. The summed E-state index contributed by atoms with van der Waals surface area (Å²) >= 11 is 0. The van der Waals surface area contributed by atoms with Gasteiger partial charge in [0.25, 0.3) is 5.91 Å². The van der Waals surface area contributed by atoms with E-state index in [1.54, 1.807) is 0 Å². The molecule has 42 heavy (non-hydrogen) atoms. The maximum atomic E-state index is 13.8. The van der Waals surface area contributed by atoms with Crippen molar-refractivity contribution in [3.05, 3.63) is 109 Å². The van der Waals surface area contributed by atoms with Gasteiger partial charge in [0, 0.05) is 67.7 Å². The summed E-state index contributed by atoms with van der Waals surface area (Å²) in [5.74, 6) is 0.201. The average Bonchev–Trinajstić information content (AvgIpc) is 3.08. The van der Waals surface area contributed by atoms with E-state index in [0.29, 0.717) is 31.2 Å². The molecular formula is C35H37N5O2. The Morgan fingerprint density at radius 2 is 1.19 bits per heavy atom. The average molecular weight is 560 g/mol. The zero-order valence-corrected chi connectivity index (χ0v) is 23.9. The van der Waals surface area contributed by atoms with Crippen molar-refractivity contribution >= 4 is 17.5 Å². The highest BCUT2D eigenvalue weighted by molar-refractivity contribution is 5.96. The van der Waals surface area contributed by atoms with E-state index in [1.807, 2.05) is 113 Å². The molecular weight excluding hydrogens is 522 g/mol. The molecule has 214 valence electrons. The summed E-state index contributed by atoms with van der Waals surface area (Å²) < 4.78 is 0. The Morgan fingerprint density at radius 1 is 0.667 bits per heavy atom. The molecule has 1 aromatic heterocycles. The number of benzene rings is 3. The lowest BCUT2D eigenvalue weighted by Crippen LogP contribution is -2.55. The van der Waals surface area contributed by atoms with Crippen LogP contribution in [0.4, 0.5) is 5.69 Å². The highest BCUT2D eigenvalue weighted by Crippen LogP contribution is 2.26. The monoisotopic (exact) mass is 559 g/mol. The van der Waals surface area contributed by atoms with Gasteiger partial charge in [0.15, 0.2) is 0 Å². The molecule has 0 spiro atoms. The molecule has 0 saturated carbocycles. The second kappa shape index (κ2) is 13.0. The van der Waals surface area contributed by atoms with Crippen molar-refractivity contribution < 1.29 is 9.59 Å². The second-order valence-electron chi connectivity index (χ2n) is 11.0. The van der Waals surface area contributed by atoms with E-state index < -0.39 is 0 Å². The number of pyridine rings is 1. The van der Waals surface area contributed by atoms with E-state index in [2.05, 4.69) is 10.2 Å². The number of nitrogens with one attached hydrogen (secondary N) is 1. The number of hydrogen-bond donors (Lipinski definition) is 1. The van der Waals surface area contributed by atoms with Crippen LogP contribution in [0.25, 0.3) is 22.5 Å². The number of piperazine rings is 1. The lowest BCUT2D eigenvalue weighted by Gasteiger charge is -2.42. The lowest BCUT2D eigenvalue weighted by atomic mass is 10.0. The smallest absolute Gasteiger partial charge is 0.254 e. The molecule has 2 aliphatic heterocycles. The first-order valence-corrected chi connectivity index (χ1v) is 14.9. The first-order valence-electron chi connectivity index (χ1n) is 14.9. The minimum Gasteiger partial charge on any atom is -0.376 e. The fourth-order valence-electron chi connectivity index (χ4n) is 5.97. The predicted molar refractivity (Wildman–Crippen MR) is 167 cm³/mol. The Labute approximate surface area is 247 Å². The molecule has 0 bridgehead atoms. The zero-order chi connectivity index (χ0) is 28.7. The van der Waals surface area contributed by atoms with Crippen molar-refractivity contribution in [3.63, 3.8) is 0 Å². The van der Waals surface area contributed by atoms with Crippen LogP contribution in [0, 0.1) is 0 Å². The van der Waals surface area contributed by atoms with E-state index in [4.69, 9.17) is 4.98 Å². The topological polar surface area (TPSA) is 68.8 Å². The maximum absolute atomic E-state index is 13.8. The Balaban J connectivity index is 1.06. The van der Waals surface area contributed by atoms with Crippen molar-refractivity contribution in [2.24, 2.45) is 0 Å². The molecule has 7 heteroatoms. The largest absolute Gasteiger partial charge is 0.376 e. The molecule has 4 aromatic rings. The number of carbonyl (C=O) groups excluding carboxylic acids is 2. The van der Waals surface area contributed by atoms with Gasteiger partial charge in [-0.3, -0.25) is 14.5 Å². The van der Waals surface area contributed by atoms with Crippen LogP contribution in [0.3, 0.4) is 0 Å². The summed E-state index contributed by atoms with van der Waals surface area (Å²) in [6, 6.07) is 34.2. The first-order chi connectivity index (χ1) is 20.6. The Kier molecular flexibility index (Phi) is 8.56. The van der Waals surface area contributed by atoms with Crippen molar-refractivity contribution in [2.45, 2.75) is 18.9 Å². The number of anilines is 1. The van der Waals surface area contributed by atoms with Gasteiger partial charge in [0.1, 0.15) is 0 Å². The SMILES string of the molecule is O=C(CNc1ccccc1)N1CCC(N2CCN(C(=O)c3cc(-c4ccccc4)nc(-c4ccccc4)c3)CC2)CC1. The molecule has 0 atom stereocenters. The van der Waals surface area contributed by atoms with E-state index in [1.165, 1.54) is 0 Å². The van der Waals surface area contributed by atoms with Crippen LogP contribution >= 0.6 is 0 Å². The van der Waals surface area contributed by atoms with Crippen molar-refractivity contribution in [3.8, 4) is 22.5 Å². The molecule has 3 aromatic carbocycles. The molecule has 0 aliphatic carbocycles. The van der Waals surface area contributed by atoms with Crippen LogP contribution < -0.4 is 5.32 Å². The van der Waals surface area contributed by atoms with Crippen LogP contribution in [-0.4, -0.2) is 83.4 Å². The molecule has 2 saturated heterocycles. The zero-order valence-electron chi connectivity index (χ0n) is 23.9. The number of amides is 2. The molecule has 2 fully saturated rings. The number of piperidine rings is 1. The predicted octanol–water partition coefficient (Wildman–Crippen LogP) is 5.28. The van der Waals surface area contributed by atoms with Gasteiger partial charge < -0.3 is 15.1 Å². The fourth-order valence-corrected chi connectivity index (χ4v) is 5.97. The van der Waals surface area contributed by atoms with Crippen molar-refractivity contribution in [1.29, 1.82) is 0 Å². The van der Waals surface area contributed by atoms with E-state index in [9.17, 15) is 9.59 Å². The number of carbonyl (C=O) groups is 2. The third-order valence-electron chi connectivity index (χ3n) is 8.36. The normalized spacial score (nSPS) is 16.3. The standard InChI is InChI=1S/C35H37N5O2/c41-34(26-36-30-14-8-3-9-15-30)39-18-16-31(17-19-39)38-20-22-40(23-21-38)35(42)29-24-32(27-10-4-1-5-11-27)37-33(25-29)28-12-6-2-7-13-28/h1-15,24-25,31,36H,16-23,26H2. The van der Waals surface area contributed by atoms with Gasteiger partial charge in [-0.15, -0.1) is 0 Å². The van der Waals surface area contributed by atoms with E-state index >= 15 is 0 Å².